The number of anilines is 1. The highest BCUT2D eigenvalue weighted by Crippen LogP contribution is 2.41. The van der Waals surface area contributed by atoms with Gasteiger partial charge in [-0.3, -0.25) is 14.5 Å². The van der Waals surface area contributed by atoms with Crippen LogP contribution >= 0.6 is 0 Å². The van der Waals surface area contributed by atoms with Crippen molar-refractivity contribution in [1.29, 1.82) is 0 Å². The third kappa shape index (κ3) is 4.95. The number of benzene rings is 1. The Hall–Kier alpha value is -2.29. The minimum atomic E-state index is -4.42. The van der Waals surface area contributed by atoms with E-state index in [1.165, 1.54) is 37.8 Å². The van der Waals surface area contributed by atoms with Crippen molar-refractivity contribution in [1.82, 2.24) is 9.80 Å². The van der Waals surface area contributed by atoms with Crippen molar-refractivity contribution in [3.8, 4) is 0 Å². The molecule has 0 unspecified atom stereocenters. The van der Waals surface area contributed by atoms with E-state index < -0.39 is 17.7 Å². The summed E-state index contributed by atoms with van der Waals surface area (Å²) in [4.78, 5) is 32.5. The number of esters is 1. The minimum absolute atomic E-state index is 0.00337. The third-order valence-electron chi connectivity index (χ3n) is 8.66. The fourth-order valence-corrected chi connectivity index (χ4v) is 6.74. The van der Waals surface area contributed by atoms with Crippen LogP contribution in [0.2, 0.25) is 0 Å². The molecule has 198 valence electrons. The van der Waals surface area contributed by atoms with Crippen molar-refractivity contribution >= 4 is 17.6 Å². The molecule has 0 spiro atoms. The number of rotatable bonds is 4. The quantitative estimate of drug-likeness (QED) is 0.574. The van der Waals surface area contributed by atoms with E-state index in [-0.39, 0.29) is 23.8 Å². The van der Waals surface area contributed by atoms with Gasteiger partial charge in [0.15, 0.2) is 0 Å². The van der Waals surface area contributed by atoms with Crippen LogP contribution in [-0.4, -0.2) is 73.1 Å². The number of fused-ring (bicyclic) bond motifs is 3. The Morgan fingerprint density at radius 2 is 1.75 bits per heavy atom. The van der Waals surface area contributed by atoms with Crippen molar-refractivity contribution in [2.75, 3.05) is 44.2 Å². The molecule has 6 nitrogen and oxygen atoms in total. The van der Waals surface area contributed by atoms with E-state index in [0.29, 0.717) is 57.1 Å². The highest BCUT2D eigenvalue weighted by atomic mass is 19.4. The van der Waals surface area contributed by atoms with Gasteiger partial charge in [-0.25, -0.2) is 0 Å². The molecule has 3 fully saturated rings. The zero-order chi connectivity index (χ0) is 25.4. The Bertz CT molecular complexity index is 971. The standard InChI is InChI=1S/C27H36F3N3O3/c1-2-36-26(35)18-9-11-31(12-10-18)25(34)22-16-19-15-20(27(28,29)30)7-8-23(19)33-14-13-32(17-24(22)33)21-5-3-4-6-21/h7-8,15,18,21-22,24H,2-6,9-14,16-17H2,1H3/t22-,24+/m1/s1. The highest BCUT2D eigenvalue weighted by Gasteiger charge is 2.45. The van der Waals surface area contributed by atoms with Crippen LogP contribution in [0.1, 0.15) is 56.6 Å². The van der Waals surface area contributed by atoms with E-state index in [0.717, 1.165) is 18.8 Å². The molecule has 9 heteroatoms. The second-order valence-corrected chi connectivity index (χ2v) is 10.7. The van der Waals surface area contributed by atoms with Gasteiger partial charge in [0.05, 0.1) is 30.0 Å². The number of hydrogen-bond donors (Lipinski definition) is 0. The number of ether oxygens (including phenoxy) is 1. The van der Waals surface area contributed by atoms with Crippen LogP contribution < -0.4 is 4.90 Å². The van der Waals surface area contributed by atoms with Gasteiger partial charge in [0, 0.05) is 44.5 Å². The summed E-state index contributed by atoms with van der Waals surface area (Å²) < 4.78 is 45.6. The van der Waals surface area contributed by atoms with Crippen molar-refractivity contribution in [3.05, 3.63) is 29.3 Å². The van der Waals surface area contributed by atoms with E-state index in [1.54, 1.807) is 13.0 Å². The molecule has 0 aromatic heterocycles. The summed E-state index contributed by atoms with van der Waals surface area (Å²) in [7, 11) is 0. The largest absolute Gasteiger partial charge is 0.466 e. The van der Waals surface area contributed by atoms with E-state index in [4.69, 9.17) is 4.74 Å². The number of hydrogen-bond acceptors (Lipinski definition) is 5. The Morgan fingerprint density at radius 1 is 1.03 bits per heavy atom. The van der Waals surface area contributed by atoms with Gasteiger partial charge in [0.1, 0.15) is 0 Å². The number of carbonyl (C=O) groups excluding carboxylic acids is 2. The summed E-state index contributed by atoms with van der Waals surface area (Å²) in [5.41, 5.74) is 0.782. The molecule has 1 aliphatic carbocycles. The first-order valence-corrected chi connectivity index (χ1v) is 13.4. The Kier molecular flexibility index (Phi) is 7.21. The van der Waals surface area contributed by atoms with Crippen LogP contribution in [0.4, 0.5) is 18.9 Å². The molecule has 0 N–H and O–H groups in total. The molecule has 1 aromatic carbocycles. The lowest BCUT2D eigenvalue weighted by Crippen LogP contribution is -2.63. The van der Waals surface area contributed by atoms with E-state index >= 15 is 0 Å². The second-order valence-electron chi connectivity index (χ2n) is 10.7. The van der Waals surface area contributed by atoms with Crippen LogP contribution in [-0.2, 0) is 26.9 Å². The normalized spacial score (nSPS) is 26.0. The maximum atomic E-state index is 13.9. The molecule has 2 atom stereocenters. The maximum absolute atomic E-state index is 13.9. The van der Waals surface area contributed by atoms with Crippen LogP contribution in [0.3, 0.4) is 0 Å². The number of alkyl halides is 3. The molecule has 2 saturated heterocycles. The molecule has 1 saturated carbocycles. The number of carbonyl (C=O) groups is 2. The summed E-state index contributed by atoms with van der Waals surface area (Å²) >= 11 is 0. The molecule has 1 aromatic rings. The van der Waals surface area contributed by atoms with Crippen molar-refractivity contribution in [3.63, 3.8) is 0 Å². The van der Waals surface area contributed by atoms with Crippen molar-refractivity contribution < 1.29 is 27.5 Å². The second kappa shape index (κ2) is 10.2. The third-order valence-corrected chi connectivity index (χ3v) is 8.66. The summed E-state index contributed by atoms with van der Waals surface area (Å²) in [6.07, 6.45) is 1.85. The van der Waals surface area contributed by atoms with Gasteiger partial charge < -0.3 is 14.5 Å². The molecule has 0 bridgehead atoms. The SMILES string of the molecule is CCOC(=O)C1CCN(C(=O)[C@@H]2Cc3cc(C(F)(F)F)ccc3N3CCN(C4CCCC4)C[C@@H]23)CC1. The lowest BCUT2D eigenvalue weighted by molar-refractivity contribution is -0.152. The summed E-state index contributed by atoms with van der Waals surface area (Å²) in [5.74, 6) is -0.797. The zero-order valence-corrected chi connectivity index (χ0v) is 20.9. The Labute approximate surface area is 210 Å². The van der Waals surface area contributed by atoms with E-state index in [9.17, 15) is 22.8 Å². The first-order valence-electron chi connectivity index (χ1n) is 13.4. The average Bonchev–Trinajstić information content (AvgIpc) is 3.42. The molecule has 36 heavy (non-hydrogen) atoms. The smallest absolute Gasteiger partial charge is 0.416 e. The maximum Gasteiger partial charge on any atom is 0.416 e. The molecular formula is C27H36F3N3O3. The number of halogens is 3. The molecule has 0 radical (unpaired) electrons. The fraction of sp³-hybridized carbons (Fsp3) is 0.704. The lowest BCUT2D eigenvalue weighted by Gasteiger charge is -2.51. The average molecular weight is 508 g/mol. The first-order chi connectivity index (χ1) is 17.3. The predicted octanol–water partition coefficient (Wildman–Crippen LogP) is 4.11. The van der Waals surface area contributed by atoms with Gasteiger partial charge in [-0.2, -0.15) is 13.2 Å². The van der Waals surface area contributed by atoms with Crippen LogP contribution in [0, 0.1) is 11.8 Å². The minimum Gasteiger partial charge on any atom is -0.466 e. The van der Waals surface area contributed by atoms with Crippen molar-refractivity contribution in [2.24, 2.45) is 11.8 Å². The van der Waals surface area contributed by atoms with Gasteiger partial charge in [-0.15, -0.1) is 0 Å². The Balaban J connectivity index is 1.38. The molecule has 5 rings (SSSR count). The molecular weight excluding hydrogens is 471 g/mol. The number of piperidine rings is 1. The molecule has 3 aliphatic heterocycles. The van der Waals surface area contributed by atoms with E-state index in [1.807, 2.05) is 4.90 Å². The van der Waals surface area contributed by atoms with Gasteiger partial charge in [-0.1, -0.05) is 12.8 Å². The highest BCUT2D eigenvalue weighted by molar-refractivity contribution is 5.83. The summed E-state index contributed by atoms with van der Waals surface area (Å²) in [6.45, 7) is 5.43. The molecule has 4 aliphatic rings. The number of piperazine rings is 1. The van der Waals surface area contributed by atoms with E-state index in [2.05, 4.69) is 9.80 Å². The number of nitrogens with zero attached hydrogens (tertiary/aromatic N) is 3. The Morgan fingerprint density at radius 3 is 2.42 bits per heavy atom. The fourth-order valence-electron chi connectivity index (χ4n) is 6.74. The first kappa shape index (κ1) is 25.4. The summed E-state index contributed by atoms with van der Waals surface area (Å²) in [5, 5.41) is 0. The van der Waals surface area contributed by atoms with Crippen molar-refractivity contribution in [2.45, 2.75) is 70.1 Å². The van der Waals surface area contributed by atoms with Gasteiger partial charge in [0.25, 0.3) is 0 Å². The zero-order valence-electron chi connectivity index (χ0n) is 20.9. The monoisotopic (exact) mass is 507 g/mol. The van der Waals surface area contributed by atoms with Crippen LogP contribution in [0.25, 0.3) is 0 Å². The van der Waals surface area contributed by atoms with Gasteiger partial charge in [-0.05, 0) is 62.8 Å². The van der Waals surface area contributed by atoms with Crippen LogP contribution in [0.15, 0.2) is 18.2 Å². The summed E-state index contributed by atoms with van der Waals surface area (Å²) in [6, 6.07) is 4.49. The number of likely N-dealkylation sites (tertiary alicyclic amines) is 1. The topological polar surface area (TPSA) is 53.1 Å². The van der Waals surface area contributed by atoms with Gasteiger partial charge >= 0.3 is 12.1 Å². The predicted molar refractivity (Wildman–Crippen MR) is 130 cm³/mol. The van der Waals surface area contributed by atoms with Crippen LogP contribution in [0.5, 0.6) is 0 Å². The number of amides is 1. The lowest BCUT2D eigenvalue weighted by atomic mass is 9.81. The molecule has 3 heterocycles. The van der Waals surface area contributed by atoms with Gasteiger partial charge in [0.2, 0.25) is 5.91 Å². The molecule has 1 amide bonds.